The van der Waals surface area contributed by atoms with Gasteiger partial charge in [-0.2, -0.15) is 0 Å². The second-order valence-corrected chi connectivity index (χ2v) is 5.31. The lowest BCUT2D eigenvalue weighted by Gasteiger charge is -2.37. The lowest BCUT2D eigenvalue weighted by molar-refractivity contribution is -0.385. The van der Waals surface area contributed by atoms with E-state index in [0.29, 0.717) is 18.5 Å². The highest BCUT2D eigenvalue weighted by Gasteiger charge is 2.29. The Hall–Kier alpha value is -1.95. The van der Waals surface area contributed by atoms with Crippen LogP contribution in [0.15, 0.2) is 24.3 Å². The minimum Gasteiger partial charge on any atom is -0.396 e. The molecule has 0 spiro atoms. The fourth-order valence-electron chi connectivity index (χ4n) is 2.55. The molecule has 6 nitrogen and oxygen atoms in total. The number of nitro benzene ring substituents is 1. The average molecular weight is 292 g/mol. The van der Waals surface area contributed by atoms with Crippen LogP contribution in [-0.4, -0.2) is 40.0 Å². The van der Waals surface area contributed by atoms with Crippen molar-refractivity contribution in [3.63, 3.8) is 0 Å². The van der Waals surface area contributed by atoms with Crippen LogP contribution in [0.1, 0.15) is 31.2 Å². The molecule has 2 rings (SSSR count). The summed E-state index contributed by atoms with van der Waals surface area (Å²) in [5.41, 5.74) is 0.433. The highest BCUT2D eigenvalue weighted by Crippen LogP contribution is 2.26. The molecule has 1 aromatic rings. The molecule has 21 heavy (non-hydrogen) atoms. The van der Waals surface area contributed by atoms with Crippen molar-refractivity contribution in [2.24, 2.45) is 0 Å². The predicted octanol–water partition coefficient (Wildman–Crippen LogP) is 1.90. The third-order valence-corrected chi connectivity index (χ3v) is 3.92. The van der Waals surface area contributed by atoms with Crippen LogP contribution in [-0.2, 0) is 11.2 Å². The van der Waals surface area contributed by atoms with E-state index in [4.69, 9.17) is 5.11 Å². The predicted molar refractivity (Wildman–Crippen MR) is 77.9 cm³/mol. The van der Waals surface area contributed by atoms with E-state index in [-0.39, 0.29) is 30.7 Å². The summed E-state index contributed by atoms with van der Waals surface area (Å²) < 4.78 is 0. The molecule has 0 bridgehead atoms. The van der Waals surface area contributed by atoms with Gasteiger partial charge in [-0.15, -0.1) is 0 Å². The Morgan fingerprint density at radius 2 is 2.10 bits per heavy atom. The number of rotatable bonds is 7. The van der Waals surface area contributed by atoms with Crippen LogP contribution in [0.5, 0.6) is 0 Å². The van der Waals surface area contributed by atoms with E-state index in [2.05, 4.69) is 0 Å². The zero-order chi connectivity index (χ0) is 15.2. The Labute approximate surface area is 123 Å². The minimum atomic E-state index is -0.454. The van der Waals surface area contributed by atoms with E-state index in [1.165, 1.54) is 6.07 Å². The molecule has 114 valence electrons. The van der Waals surface area contributed by atoms with Crippen molar-refractivity contribution in [1.29, 1.82) is 0 Å². The highest BCUT2D eigenvalue weighted by molar-refractivity contribution is 5.80. The minimum absolute atomic E-state index is 0.0124. The van der Waals surface area contributed by atoms with Gasteiger partial charge in [0.25, 0.3) is 5.69 Å². The molecular formula is C15H20N2O4. The topological polar surface area (TPSA) is 83.7 Å². The van der Waals surface area contributed by atoms with Gasteiger partial charge in [0.1, 0.15) is 0 Å². The van der Waals surface area contributed by atoms with Gasteiger partial charge in [0.05, 0.1) is 11.3 Å². The first-order valence-electron chi connectivity index (χ1n) is 7.26. The van der Waals surface area contributed by atoms with Crippen molar-refractivity contribution in [1.82, 2.24) is 4.90 Å². The maximum absolute atomic E-state index is 12.4. The number of amides is 1. The first kappa shape index (κ1) is 15.4. The van der Waals surface area contributed by atoms with Crippen molar-refractivity contribution in [3.8, 4) is 0 Å². The van der Waals surface area contributed by atoms with Gasteiger partial charge in [-0.3, -0.25) is 14.9 Å². The molecule has 0 unspecified atom stereocenters. The quantitative estimate of drug-likeness (QED) is 0.614. The lowest BCUT2D eigenvalue weighted by atomic mass is 9.90. The molecule has 0 aromatic heterocycles. The molecule has 0 aliphatic heterocycles. The second kappa shape index (κ2) is 7.17. The maximum atomic E-state index is 12.4. The van der Waals surface area contributed by atoms with Crippen LogP contribution in [0.3, 0.4) is 0 Å². The summed E-state index contributed by atoms with van der Waals surface area (Å²) in [7, 11) is 0. The monoisotopic (exact) mass is 292 g/mol. The Balaban J connectivity index is 2.09. The van der Waals surface area contributed by atoms with Gasteiger partial charge in [0.15, 0.2) is 0 Å². The molecule has 1 N–H and O–H groups in total. The van der Waals surface area contributed by atoms with Crippen LogP contribution in [0.4, 0.5) is 5.69 Å². The molecule has 0 atom stereocenters. The molecule has 1 aliphatic carbocycles. The van der Waals surface area contributed by atoms with Gasteiger partial charge in [-0.05, 0) is 25.7 Å². The molecular weight excluding hydrogens is 272 g/mol. The number of carbonyl (C=O) groups excluding carboxylic acids is 1. The number of aliphatic hydroxyl groups excluding tert-OH is 1. The first-order valence-corrected chi connectivity index (χ1v) is 7.26. The van der Waals surface area contributed by atoms with Crippen LogP contribution in [0, 0.1) is 10.1 Å². The summed E-state index contributed by atoms with van der Waals surface area (Å²) in [4.78, 5) is 24.8. The molecule has 0 saturated heterocycles. The van der Waals surface area contributed by atoms with Crippen molar-refractivity contribution < 1.29 is 14.8 Å². The summed E-state index contributed by atoms with van der Waals surface area (Å²) in [6.45, 7) is 0.558. The number of aliphatic hydroxyl groups is 1. The average Bonchev–Trinajstić information content (AvgIpc) is 2.41. The summed E-state index contributed by atoms with van der Waals surface area (Å²) >= 11 is 0. The Morgan fingerprint density at radius 3 is 2.67 bits per heavy atom. The Morgan fingerprint density at radius 1 is 1.38 bits per heavy atom. The third-order valence-electron chi connectivity index (χ3n) is 3.92. The fourth-order valence-corrected chi connectivity index (χ4v) is 2.55. The van der Waals surface area contributed by atoms with Gasteiger partial charge >= 0.3 is 0 Å². The lowest BCUT2D eigenvalue weighted by Crippen LogP contribution is -2.45. The second-order valence-electron chi connectivity index (χ2n) is 5.31. The molecule has 1 fully saturated rings. The standard InChI is InChI=1S/C15H20N2O4/c18-10-4-9-16(13-6-3-7-13)15(19)11-12-5-1-2-8-14(12)17(20)21/h1-2,5,8,13,18H,3-4,6-7,9-11H2. The molecule has 0 radical (unpaired) electrons. The summed E-state index contributed by atoms with van der Waals surface area (Å²) in [6, 6.07) is 6.58. The van der Waals surface area contributed by atoms with Crippen LogP contribution in [0.25, 0.3) is 0 Å². The van der Waals surface area contributed by atoms with E-state index in [1.807, 2.05) is 0 Å². The number of hydrogen-bond acceptors (Lipinski definition) is 4. The largest absolute Gasteiger partial charge is 0.396 e. The summed E-state index contributed by atoms with van der Waals surface area (Å²) in [6.07, 6.45) is 3.65. The molecule has 6 heteroatoms. The van der Waals surface area contributed by atoms with Crippen LogP contribution in [0.2, 0.25) is 0 Å². The van der Waals surface area contributed by atoms with E-state index in [1.54, 1.807) is 23.1 Å². The number of para-hydroxylation sites is 1. The molecule has 1 aliphatic rings. The smallest absolute Gasteiger partial charge is 0.273 e. The van der Waals surface area contributed by atoms with Gasteiger partial charge in [0.2, 0.25) is 5.91 Å². The van der Waals surface area contributed by atoms with Crippen molar-refractivity contribution >= 4 is 11.6 Å². The normalized spacial score (nSPS) is 14.5. The van der Waals surface area contributed by atoms with Crippen molar-refractivity contribution in [2.45, 2.75) is 38.1 Å². The van der Waals surface area contributed by atoms with E-state index in [0.717, 1.165) is 19.3 Å². The van der Waals surface area contributed by atoms with Crippen LogP contribution < -0.4 is 0 Å². The van der Waals surface area contributed by atoms with E-state index >= 15 is 0 Å². The van der Waals surface area contributed by atoms with E-state index < -0.39 is 4.92 Å². The number of nitro groups is 1. The summed E-state index contributed by atoms with van der Waals surface area (Å²) in [5.74, 6) is -0.0950. The third kappa shape index (κ3) is 3.78. The Kier molecular flexibility index (Phi) is 5.27. The van der Waals surface area contributed by atoms with E-state index in [9.17, 15) is 14.9 Å². The van der Waals surface area contributed by atoms with Crippen molar-refractivity contribution in [3.05, 3.63) is 39.9 Å². The number of nitrogens with zero attached hydrogens (tertiary/aromatic N) is 2. The Bertz CT molecular complexity index is 514. The molecule has 1 amide bonds. The zero-order valence-electron chi connectivity index (χ0n) is 11.9. The zero-order valence-corrected chi connectivity index (χ0v) is 11.9. The molecule has 1 saturated carbocycles. The maximum Gasteiger partial charge on any atom is 0.273 e. The van der Waals surface area contributed by atoms with Crippen LogP contribution >= 0.6 is 0 Å². The summed E-state index contributed by atoms with van der Waals surface area (Å²) in [5, 5.41) is 19.9. The first-order chi connectivity index (χ1) is 10.1. The SMILES string of the molecule is O=C(Cc1ccccc1[N+](=O)[O-])N(CCCO)C1CCC1. The number of carbonyl (C=O) groups is 1. The molecule has 0 heterocycles. The van der Waals surface area contributed by atoms with Gasteiger partial charge < -0.3 is 10.0 Å². The number of hydrogen-bond donors (Lipinski definition) is 1. The fraction of sp³-hybridized carbons (Fsp3) is 0.533. The van der Waals surface area contributed by atoms with Gasteiger partial charge in [-0.25, -0.2) is 0 Å². The highest BCUT2D eigenvalue weighted by atomic mass is 16.6. The van der Waals surface area contributed by atoms with Crippen molar-refractivity contribution in [2.75, 3.05) is 13.2 Å². The molecule has 1 aromatic carbocycles. The number of benzene rings is 1. The van der Waals surface area contributed by atoms with Gasteiger partial charge in [0, 0.05) is 30.8 Å². The van der Waals surface area contributed by atoms with Gasteiger partial charge in [-0.1, -0.05) is 18.2 Å².